The molecule has 134 valence electrons. The highest BCUT2D eigenvalue weighted by molar-refractivity contribution is 6.05. The van der Waals surface area contributed by atoms with Crippen LogP contribution in [0.15, 0.2) is 47.7 Å². The molecule has 26 heavy (non-hydrogen) atoms. The van der Waals surface area contributed by atoms with Gasteiger partial charge in [-0.05, 0) is 24.1 Å². The third-order valence-corrected chi connectivity index (χ3v) is 3.86. The van der Waals surface area contributed by atoms with Crippen LogP contribution in [0.5, 0.6) is 5.88 Å². The number of pyridine rings is 3. The van der Waals surface area contributed by atoms with Gasteiger partial charge in [0.05, 0.1) is 12.6 Å². The van der Waals surface area contributed by atoms with Gasteiger partial charge >= 0.3 is 0 Å². The maximum Gasteiger partial charge on any atom is 0.261 e. The molecule has 3 heterocycles. The Hall–Kier alpha value is -3.22. The number of ether oxygens (including phenoxy) is 1. The zero-order valence-electron chi connectivity index (χ0n) is 14.9. The molecule has 1 amide bonds. The third-order valence-electron chi connectivity index (χ3n) is 3.86. The molecule has 0 aliphatic heterocycles. The lowest BCUT2D eigenvalue weighted by Crippen LogP contribution is -2.25. The van der Waals surface area contributed by atoms with Crippen LogP contribution in [0.1, 0.15) is 24.2 Å². The summed E-state index contributed by atoms with van der Waals surface area (Å²) in [7, 11) is 1.49. The van der Waals surface area contributed by atoms with Crippen LogP contribution in [0, 0.1) is 5.92 Å². The first-order chi connectivity index (χ1) is 12.5. The highest BCUT2D eigenvalue weighted by Gasteiger charge is 2.17. The van der Waals surface area contributed by atoms with Crippen LogP contribution in [0.25, 0.3) is 11.0 Å². The Kier molecular flexibility index (Phi) is 4.97. The quantitative estimate of drug-likeness (QED) is 0.763. The molecule has 7 nitrogen and oxygen atoms in total. The lowest BCUT2D eigenvalue weighted by Gasteiger charge is -2.15. The van der Waals surface area contributed by atoms with Crippen molar-refractivity contribution >= 4 is 22.6 Å². The van der Waals surface area contributed by atoms with Gasteiger partial charge in [-0.3, -0.25) is 14.6 Å². The van der Waals surface area contributed by atoms with Crippen LogP contribution in [-0.4, -0.2) is 27.6 Å². The number of hydrogen-bond donors (Lipinski definition) is 1. The van der Waals surface area contributed by atoms with Gasteiger partial charge in [-0.15, -0.1) is 0 Å². The van der Waals surface area contributed by atoms with E-state index in [2.05, 4.69) is 29.1 Å². The van der Waals surface area contributed by atoms with E-state index in [9.17, 15) is 9.59 Å². The Balaban J connectivity index is 2.13. The molecule has 0 fully saturated rings. The SMILES string of the molecule is COc1ccc2c(n1)c(=O)c(C(=O)Nc1ccncc1)cn2CC(C)C. The van der Waals surface area contributed by atoms with Gasteiger partial charge in [-0.25, -0.2) is 4.98 Å². The van der Waals surface area contributed by atoms with Crippen molar-refractivity contribution in [1.29, 1.82) is 0 Å². The van der Waals surface area contributed by atoms with Gasteiger partial charge in [0.1, 0.15) is 11.1 Å². The van der Waals surface area contributed by atoms with E-state index in [0.29, 0.717) is 29.5 Å². The summed E-state index contributed by atoms with van der Waals surface area (Å²) in [5.41, 5.74) is 1.07. The monoisotopic (exact) mass is 352 g/mol. The fourth-order valence-electron chi connectivity index (χ4n) is 2.70. The smallest absolute Gasteiger partial charge is 0.261 e. The van der Waals surface area contributed by atoms with E-state index in [0.717, 1.165) is 0 Å². The highest BCUT2D eigenvalue weighted by Crippen LogP contribution is 2.17. The molecule has 0 aliphatic carbocycles. The Morgan fingerprint density at radius 3 is 2.62 bits per heavy atom. The summed E-state index contributed by atoms with van der Waals surface area (Å²) >= 11 is 0. The van der Waals surface area contributed by atoms with Crippen molar-refractivity contribution in [3.63, 3.8) is 0 Å². The number of methoxy groups -OCH3 is 1. The maximum absolute atomic E-state index is 12.9. The lowest BCUT2D eigenvalue weighted by molar-refractivity contribution is 0.102. The Labute approximate surface area is 150 Å². The van der Waals surface area contributed by atoms with E-state index in [1.54, 1.807) is 42.9 Å². The number of anilines is 1. The predicted octanol–water partition coefficient (Wildman–Crippen LogP) is 2.71. The van der Waals surface area contributed by atoms with Gasteiger partial charge in [0, 0.05) is 36.9 Å². The number of hydrogen-bond acceptors (Lipinski definition) is 5. The average Bonchev–Trinajstić information content (AvgIpc) is 2.64. The second-order valence-corrected chi connectivity index (χ2v) is 6.33. The van der Waals surface area contributed by atoms with Crippen LogP contribution in [0.2, 0.25) is 0 Å². The van der Waals surface area contributed by atoms with Crippen molar-refractivity contribution in [2.75, 3.05) is 12.4 Å². The molecule has 0 aliphatic rings. The van der Waals surface area contributed by atoms with Crippen LogP contribution >= 0.6 is 0 Å². The van der Waals surface area contributed by atoms with Gasteiger partial charge in [0.2, 0.25) is 11.3 Å². The fraction of sp³-hybridized carbons (Fsp3) is 0.263. The molecule has 7 heteroatoms. The molecule has 1 N–H and O–H groups in total. The fourth-order valence-corrected chi connectivity index (χ4v) is 2.70. The van der Waals surface area contributed by atoms with Crippen molar-refractivity contribution in [2.45, 2.75) is 20.4 Å². The topological polar surface area (TPSA) is 86.1 Å². The van der Waals surface area contributed by atoms with Crippen LogP contribution < -0.4 is 15.5 Å². The highest BCUT2D eigenvalue weighted by atomic mass is 16.5. The maximum atomic E-state index is 12.9. The molecule has 0 saturated heterocycles. The summed E-state index contributed by atoms with van der Waals surface area (Å²) in [5, 5.41) is 2.72. The molecule has 0 atom stereocenters. The molecule has 0 spiro atoms. The van der Waals surface area contributed by atoms with Crippen LogP contribution in [-0.2, 0) is 6.54 Å². The number of carbonyl (C=O) groups is 1. The van der Waals surface area contributed by atoms with Crippen molar-refractivity contribution < 1.29 is 9.53 Å². The summed E-state index contributed by atoms with van der Waals surface area (Å²) < 4.78 is 7.01. The second kappa shape index (κ2) is 7.35. The largest absolute Gasteiger partial charge is 0.481 e. The second-order valence-electron chi connectivity index (χ2n) is 6.33. The molecule has 0 radical (unpaired) electrons. The zero-order chi connectivity index (χ0) is 18.7. The summed E-state index contributed by atoms with van der Waals surface area (Å²) in [6.07, 6.45) is 4.73. The van der Waals surface area contributed by atoms with Crippen molar-refractivity contribution in [2.24, 2.45) is 5.92 Å². The first-order valence-electron chi connectivity index (χ1n) is 8.29. The molecular weight excluding hydrogens is 332 g/mol. The minimum atomic E-state index is -0.481. The van der Waals surface area contributed by atoms with Gasteiger partial charge in [-0.1, -0.05) is 13.8 Å². The van der Waals surface area contributed by atoms with E-state index in [-0.39, 0.29) is 11.1 Å². The molecule has 0 bridgehead atoms. The van der Waals surface area contributed by atoms with Crippen molar-refractivity contribution in [1.82, 2.24) is 14.5 Å². The number of nitrogens with one attached hydrogen (secondary N) is 1. The molecule has 0 saturated carbocycles. The van der Waals surface area contributed by atoms with Crippen molar-refractivity contribution in [3.05, 3.63) is 58.6 Å². The molecule has 0 unspecified atom stereocenters. The Morgan fingerprint density at radius 1 is 1.23 bits per heavy atom. The molecule has 3 aromatic heterocycles. The van der Waals surface area contributed by atoms with Crippen molar-refractivity contribution in [3.8, 4) is 5.88 Å². The molecular formula is C19H20N4O3. The normalized spacial score (nSPS) is 10.9. The number of fused-ring (bicyclic) bond motifs is 1. The number of aromatic nitrogens is 3. The van der Waals surface area contributed by atoms with Gasteiger partial charge in [-0.2, -0.15) is 0 Å². The van der Waals surface area contributed by atoms with E-state index in [1.807, 2.05) is 4.57 Å². The number of nitrogens with zero attached hydrogens (tertiary/aromatic N) is 3. The number of amides is 1. The van der Waals surface area contributed by atoms with Crippen LogP contribution in [0.3, 0.4) is 0 Å². The molecule has 0 aromatic carbocycles. The van der Waals surface area contributed by atoms with E-state index in [4.69, 9.17) is 4.74 Å². The van der Waals surface area contributed by atoms with Crippen LogP contribution in [0.4, 0.5) is 5.69 Å². The first-order valence-corrected chi connectivity index (χ1v) is 8.29. The molecule has 3 aromatic rings. The standard InChI is InChI=1S/C19H20N4O3/c1-12(2)10-23-11-14(19(25)21-13-6-8-20-9-7-13)18(24)17-15(23)4-5-16(22-17)26-3/h4-9,11-12H,10H2,1-3H3,(H,20,21,25). The summed E-state index contributed by atoms with van der Waals surface area (Å²) in [5.74, 6) is 0.182. The minimum absolute atomic E-state index is 0.0377. The number of rotatable bonds is 5. The Bertz CT molecular complexity index is 997. The minimum Gasteiger partial charge on any atom is -0.481 e. The lowest BCUT2D eigenvalue weighted by atomic mass is 10.1. The van der Waals surface area contributed by atoms with Gasteiger partial charge in [0.25, 0.3) is 5.91 Å². The average molecular weight is 352 g/mol. The summed E-state index contributed by atoms with van der Waals surface area (Å²) in [6.45, 7) is 4.79. The molecule has 3 rings (SSSR count). The van der Waals surface area contributed by atoms with Gasteiger partial charge < -0.3 is 14.6 Å². The van der Waals surface area contributed by atoms with E-state index < -0.39 is 11.3 Å². The zero-order valence-corrected chi connectivity index (χ0v) is 14.9. The third kappa shape index (κ3) is 3.56. The van der Waals surface area contributed by atoms with E-state index in [1.165, 1.54) is 7.11 Å². The number of carbonyl (C=O) groups excluding carboxylic acids is 1. The van der Waals surface area contributed by atoms with Gasteiger partial charge in [0.15, 0.2) is 0 Å². The first kappa shape index (κ1) is 17.6. The predicted molar refractivity (Wildman–Crippen MR) is 99.6 cm³/mol. The summed E-state index contributed by atoms with van der Waals surface area (Å²) in [6, 6.07) is 6.81. The summed E-state index contributed by atoms with van der Waals surface area (Å²) in [4.78, 5) is 33.7. The Morgan fingerprint density at radius 2 is 1.96 bits per heavy atom. The van der Waals surface area contributed by atoms with E-state index >= 15 is 0 Å².